The second-order valence-electron chi connectivity index (χ2n) is 4.30. The van der Waals surface area contributed by atoms with Crippen LogP contribution in [0.25, 0.3) is 0 Å². The Morgan fingerprint density at radius 3 is 2.80 bits per heavy atom. The summed E-state index contributed by atoms with van der Waals surface area (Å²) in [5, 5.41) is 3.62. The molecule has 0 aromatic heterocycles. The van der Waals surface area contributed by atoms with E-state index in [1.165, 1.54) is 30.4 Å². The molecule has 1 unspecified atom stereocenters. The van der Waals surface area contributed by atoms with Crippen LogP contribution in [0.5, 0.6) is 0 Å². The van der Waals surface area contributed by atoms with Gasteiger partial charge in [-0.15, -0.1) is 0 Å². The van der Waals surface area contributed by atoms with E-state index in [0.717, 1.165) is 6.54 Å². The van der Waals surface area contributed by atoms with Crippen LogP contribution >= 0.6 is 0 Å². The molecular weight excluding hydrogens is 182 g/mol. The van der Waals surface area contributed by atoms with Gasteiger partial charge in [0.2, 0.25) is 0 Å². The number of benzene rings is 1. The zero-order chi connectivity index (χ0) is 10.5. The second kappa shape index (κ2) is 5.13. The average Bonchev–Trinajstić information content (AvgIpc) is 2.29. The van der Waals surface area contributed by atoms with Gasteiger partial charge in [0.1, 0.15) is 0 Å². The van der Waals surface area contributed by atoms with Crippen molar-refractivity contribution < 1.29 is 0 Å². The third kappa shape index (κ3) is 2.93. The third-order valence-electron chi connectivity index (χ3n) is 3.11. The van der Waals surface area contributed by atoms with E-state index in [-0.39, 0.29) is 0 Å². The Labute approximate surface area is 92.2 Å². The number of rotatable bonds is 3. The molecule has 0 heterocycles. The summed E-state index contributed by atoms with van der Waals surface area (Å²) in [6.07, 6.45) is 6.24. The smallest absolute Gasteiger partial charge is 0.0279 e. The van der Waals surface area contributed by atoms with Crippen molar-refractivity contribution in [1.29, 1.82) is 0 Å². The number of hydrogen-bond donors (Lipinski definition) is 1. The van der Waals surface area contributed by atoms with Gasteiger partial charge in [0.05, 0.1) is 0 Å². The number of hydrogen-bond acceptors (Lipinski definition) is 1. The van der Waals surface area contributed by atoms with Gasteiger partial charge in [0.25, 0.3) is 0 Å². The SMILES string of the molecule is CC1=CCCCC1NCc1ccccc1. The molecule has 2 rings (SSSR count). The molecule has 1 aromatic carbocycles. The van der Waals surface area contributed by atoms with Crippen molar-refractivity contribution in [1.82, 2.24) is 5.32 Å². The molecule has 1 aromatic rings. The minimum absolute atomic E-state index is 0.596. The van der Waals surface area contributed by atoms with Crippen molar-refractivity contribution in [2.75, 3.05) is 0 Å². The zero-order valence-corrected chi connectivity index (χ0v) is 9.37. The van der Waals surface area contributed by atoms with Gasteiger partial charge in [0.15, 0.2) is 0 Å². The van der Waals surface area contributed by atoms with E-state index in [0.29, 0.717) is 6.04 Å². The van der Waals surface area contributed by atoms with Crippen LogP contribution in [0.1, 0.15) is 31.7 Å². The van der Waals surface area contributed by atoms with Crippen molar-refractivity contribution in [3.8, 4) is 0 Å². The van der Waals surface area contributed by atoms with Crippen LogP contribution in [-0.2, 0) is 6.54 Å². The predicted molar refractivity (Wildman–Crippen MR) is 64.7 cm³/mol. The van der Waals surface area contributed by atoms with Gasteiger partial charge in [-0.25, -0.2) is 0 Å². The molecule has 80 valence electrons. The van der Waals surface area contributed by atoms with E-state index in [1.807, 2.05) is 0 Å². The summed E-state index contributed by atoms with van der Waals surface area (Å²) in [6, 6.07) is 11.2. The highest BCUT2D eigenvalue weighted by atomic mass is 14.9. The Hall–Kier alpha value is -1.08. The molecule has 0 fully saturated rings. The Bertz CT molecular complexity index is 326. The molecule has 0 radical (unpaired) electrons. The fourth-order valence-electron chi connectivity index (χ4n) is 2.12. The standard InChI is InChI=1S/C14H19N/c1-12-7-5-6-10-14(12)15-11-13-8-3-2-4-9-13/h2-4,7-9,14-15H,5-6,10-11H2,1H3. The van der Waals surface area contributed by atoms with Gasteiger partial charge in [-0.3, -0.25) is 0 Å². The number of nitrogens with one attached hydrogen (secondary N) is 1. The first-order valence-corrected chi connectivity index (χ1v) is 5.80. The molecule has 1 atom stereocenters. The highest BCUT2D eigenvalue weighted by Crippen LogP contribution is 2.17. The molecule has 0 saturated heterocycles. The summed E-state index contributed by atoms with van der Waals surface area (Å²) in [6.45, 7) is 3.22. The molecule has 1 aliphatic carbocycles. The highest BCUT2D eigenvalue weighted by Gasteiger charge is 2.12. The van der Waals surface area contributed by atoms with Crippen molar-refractivity contribution in [3.63, 3.8) is 0 Å². The quantitative estimate of drug-likeness (QED) is 0.740. The fourth-order valence-corrected chi connectivity index (χ4v) is 2.12. The van der Waals surface area contributed by atoms with Gasteiger partial charge in [0, 0.05) is 12.6 Å². The lowest BCUT2D eigenvalue weighted by Gasteiger charge is -2.23. The van der Waals surface area contributed by atoms with E-state index in [1.54, 1.807) is 0 Å². The topological polar surface area (TPSA) is 12.0 Å². The predicted octanol–water partition coefficient (Wildman–Crippen LogP) is 3.28. The van der Waals surface area contributed by atoms with E-state index in [4.69, 9.17) is 0 Å². The Balaban J connectivity index is 1.88. The molecular formula is C14H19N. The van der Waals surface area contributed by atoms with E-state index >= 15 is 0 Å². The summed E-state index contributed by atoms with van der Waals surface area (Å²) in [4.78, 5) is 0. The maximum absolute atomic E-state index is 3.62. The van der Waals surface area contributed by atoms with Gasteiger partial charge >= 0.3 is 0 Å². The first-order chi connectivity index (χ1) is 7.36. The Morgan fingerprint density at radius 1 is 1.27 bits per heavy atom. The second-order valence-corrected chi connectivity index (χ2v) is 4.30. The number of allylic oxidation sites excluding steroid dienone is 1. The molecule has 1 nitrogen and oxygen atoms in total. The van der Waals surface area contributed by atoms with E-state index in [2.05, 4.69) is 48.6 Å². The summed E-state index contributed by atoms with van der Waals surface area (Å²) < 4.78 is 0. The first-order valence-electron chi connectivity index (χ1n) is 5.80. The van der Waals surface area contributed by atoms with E-state index < -0.39 is 0 Å². The molecule has 0 aliphatic heterocycles. The van der Waals surface area contributed by atoms with Gasteiger partial charge in [-0.2, -0.15) is 0 Å². The minimum atomic E-state index is 0.596. The minimum Gasteiger partial charge on any atom is -0.306 e. The Kier molecular flexibility index (Phi) is 3.57. The van der Waals surface area contributed by atoms with Crippen LogP contribution in [-0.4, -0.2) is 6.04 Å². The molecule has 1 heteroatoms. The summed E-state index contributed by atoms with van der Waals surface area (Å²) in [7, 11) is 0. The molecule has 1 aliphatic rings. The lowest BCUT2D eigenvalue weighted by Crippen LogP contribution is -2.31. The third-order valence-corrected chi connectivity index (χ3v) is 3.11. The van der Waals surface area contributed by atoms with Crippen molar-refractivity contribution in [2.24, 2.45) is 0 Å². The largest absolute Gasteiger partial charge is 0.306 e. The molecule has 1 N–H and O–H groups in total. The first kappa shape index (κ1) is 10.4. The fraction of sp³-hybridized carbons (Fsp3) is 0.429. The average molecular weight is 201 g/mol. The maximum atomic E-state index is 3.62. The van der Waals surface area contributed by atoms with Crippen LogP contribution in [0.3, 0.4) is 0 Å². The van der Waals surface area contributed by atoms with Gasteiger partial charge < -0.3 is 5.32 Å². The summed E-state index contributed by atoms with van der Waals surface area (Å²) >= 11 is 0. The molecule has 15 heavy (non-hydrogen) atoms. The highest BCUT2D eigenvalue weighted by molar-refractivity contribution is 5.16. The summed E-state index contributed by atoms with van der Waals surface area (Å²) in [5.74, 6) is 0. The zero-order valence-electron chi connectivity index (χ0n) is 9.37. The molecule has 0 spiro atoms. The lowest BCUT2D eigenvalue weighted by atomic mass is 9.95. The van der Waals surface area contributed by atoms with E-state index in [9.17, 15) is 0 Å². The van der Waals surface area contributed by atoms with Crippen molar-refractivity contribution in [2.45, 2.75) is 38.8 Å². The van der Waals surface area contributed by atoms with Crippen LogP contribution in [0.15, 0.2) is 42.0 Å². The summed E-state index contributed by atoms with van der Waals surface area (Å²) in [5.41, 5.74) is 2.88. The molecule has 0 saturated carbocycles. The van der Waals surface area contributed by atoms with Gasteiger partial charge in [-0.05, 0) is 31.7 Å². The molecule has 0 amide bonds. The lowest BCUT2D eigenvalue weighted by molar-refractivity contribution is 0.499. The van der Waals surface area contributed by atoms with Crippen LogP contribution in [0.4, 0.5) is 0 Å². The van der Waals surface area contributed by atoms with Crippen LogP contribution in [0, 0.1) is 0 Å². The normalized spacial score (nSPS) is 21.1. The monoisotopic (exact) mass is 201 g/mol. The molecule has 0 bridgehead atoms. The van der Waals surface area contributed by atoms with Gasteiger partial charge in [-0.1, -0.05) is 42.0 Å². The van der Waals surface area contributed by atoms with Crippen molar-refractivity contribution >= 4 is 0 Å². The van der Waals surface area contributed by atoms with Crippen LogP contribution in [0.2, 0.25) is 0 Å². The van der Waals surface area contributed by atoms with Crippen LogP contribution < -0.4 is 5.32 Å². The maximum Gasteiger partial charge on any atom is 0.0279 e. The Morgan fingerprint density at radius 2 is 2.07 bits per heavy atom. The van der Waals surface area contributed by atoms with Crippen molar-refractivity contribution in [3.05, 3.63) is 47.5 Å².